The second kappa shape index (κ2) is 5.65. The van der Waals surface area contributed by atoms with Gasteiger partial charge in [-0.25, -0.2) is 0 Å². The molecule has 1 amide bonds. The van der Waals surface area contributed by atoms with Crippen LogP contribution in [0.3, 0.4) is 0 Å². The molecule has 0 heterocycles. The molecule has 0 radical (unpaired) electrons. The van der Waals surface area contributed by atoms with Gasteiger partial charge in [-0.1, -0.05) is 30.3 Å². The van der Waals surface area contributed by atoms with Crippen molar-refractivity contribution >= 4 is 17.3 Å². The molecule has 0 aliphatic rings. The van der Waals surface area contributed by atoms with E-state index in [-0.39, 0.29) is 6.04 Å². The molecule has 0 saturated carbocycles. The van der Waals surface area contributed by atoms with Gasteiger partial charge in [0, 0.05) is 6.04 Å². The van der Waals surface area contributed by atoms with E-state index in [2.05, 4.69) is 31.3 Å². The van der Waals surface area contributed by atoms with Gasteiger partial charge in [-0.2, -0.15) is 0 Å². The van der Waals surface area contributed by atoms with E-state index in [1.807, 2.05) is 18.2 Å². The summed E-state index contributed by atoms with van der Waals surface area (Å²) in [6.07, 6.45) is 0. The van der Waals surface area contributed by atoms with Crippen LogP contribution in [-0.2, 0) is 0 Å². The van der Waals surface area contributed by atoms with Gasteiger partial charge in [-0.15, -0.1) is 0 Å². The summed E-state index contributed by atoms with van der Waals surface area (Å²) in [5, 5.41) is 3.33. The Morgan fingerprint density at radius 3 is 2.50 bits per heavy atom. The highest BCUT2D eigenvalue weighted by Crippen LogP contribution is 2.27. The van der Waals surface area contributed by atoms with Crippen molar-refractivity contribution in [3.8, 4) is 0 Å². The highest BCUT2D eigenvalue weighted by atomic mass is 16.1. The van der Waals surface area contributed by atoms with Gasteiger partial charge >= 0.3 is 0 Å². The number of carbonyl (C=O) groups is 1. The zero-order chi connectivity index (χ0) is 14.7. The lowest BCUT2D eigenvalue weighted by atomic mass is 10.0. The van der Waals surface area contributed by atoms with E-state index in [4.69, 9.17) is 11.5 Å². The van der Waals surface area contributed by atoms with Crippen molar-refractivity contribution in [1.29, 1.82) is 0 Å². The number of rotatable bonds is 4. The summed E-state index contributed by atoms with van der Waals surface area (Å²) in [7, 11) is 0. The monoisotopic (exact) mass is 269 g/mol. The molecule has 0 fully saturated rings. The molecule has 20 heavy (non-hydrogen) atoms. The predicted molar refractivity (Wildman–Crippen MR) is 82.6 cm³/mol. The average Bonchev–Trinajstić information content (AvgIpc) is 2.41. The van der Waals surface area contributed by atoms with Gasteiger partial charge in [0.25, 0.3) is 5.91 Å². The zero-order valence-electron chi connectivity index (χ0n) is 11.7. The van der Waals surface area contributed by atoms with E-state index in [9.17, 15) is 4.79 Å². The average molecular weight is 269 g/mol. The van der Waals surface area contributed by atoms with Crippen LogP contribution in [0.4, 0.5) is 11.4 Å². The van der Waals surface area contributed by atoms with Crippen LogP contribution in [0.5, 0.6) is 0 Å². The number of para-hydroxylation sites is 1. The molecule has 1 atom stereocenters. The Kier molecular flexibility index (Phi) is 3.94. The molecule has 4 nitrogen and oxygen atoms in total. The van der Waals surface area contributed by atoms with Gasteiger partial charge < -0.3 is 16.8 Å². The molecular weight excluding hydrogens is 250 g/mol. The maximum absolute atomic E-state index is 11.3. The van der Waals surface area contributed by atoms with Crippen molar-refractivity contribution in [1.82, 2.24) is 0 Å². The number of aryl methyl sites for hydroxylation is 1. The Hall–Kier alpha value is -2.49. The third-order valence-corrected chi connectivity index (χ3v) is 3.40. The lowest BCUT2D eigenvalue weighted by molar-refractivity contribution is 0.100. The summed E-state index contributed by atoms with van der Waals surface area (Å²) in [6.45, 7) is 4.12. The van der Waals surface area contributed by atoms with E-state index in [1.54, 1.807) is 12.1 Å². The number of benzene rings is 2. The van der Waals surface area contributed by atoms with Crippen LogP contribution in [-0.4, -0.2) is 5.91 Å². The summed E-state index contributed by atoms with van der Waals surface area (Å²) < 4.78 is 0. The van der Waals surface area contributed by atoms with E-state index >= 15 is 0 Å². The number of amides is 1. The van der Waals surface area contributed by atoms with Crippen LogP contribution in [0, 0.1) is 6.92 Å². The molecule has 0 aromatic heterocycles. The number of nitrogen functional groups attached to an aromatic ring is 1. The van der Waals surface area contributed by atoms with Crippen LogP contribution in [0.15, 0.2) is 42.5 Å². The fourth-order valence-electron chi connectivity index (χ4n) is 2.29. The SMILES string of the molecule is Cc1ccccc1C(C)Nc1cccc(C(N)=O)c1N. The Bertz CT molecular complexity index is 637. The van der Waals surface area contributed by atoms with E-state index < -0.39 is 5.91 Å². The number of hydrogen-bond acceptors (Lipinski definition) is 3. The van der Waals surface area contributed by atoms with Crippen LogP contribution in [0.1, 0.15) is 34.5 Å². The van der Waals surface area contributed by atoms with Crippen LogP contribution < -0.4 is 16.8 Å². The minimum absolute atomic E-state index is 0.0848. The zero-order valence-corrected chi connectivity index (χ0v) is 11.7. The van der Waals surface area contributed by atoms with Crippen molar-refractivity contribution in [2.45, 2.75) is 19.9 Å². The minimum atomic E-state index is -0.519. The molecule has 0 saturated heterocycles. The van der Waals surface area contributed by atoms with Crippen LogP contribution in [0.25, 0.3) is 0 Å². The summed E-state index contributed by atoms with van der Waals surface area (Å²) >= 11 is 0. The Labute approximate surface area is 118 Å². The van der Waals surface area contributed by atoms with Crippen molar-refractivity contribution < 1.29 is 4.79 Å². The third-order valence-electron chi connectivity index (χ3n) is 3.40. The molecule has 104 valence electrons. The lowest BCUT2D eigenvalue weighted by Gasteiger charge is -2.19. The Morgan fingerprint density at radius 1 is 1.15 bits per heavy atom. The summed E-state index contributed by atoms with van der Waals surface area (Å²) in [4.78, 5) is 11.3. The summed E-state index contributed by atoms with van der Waals surface area (Å²) in [5.41, 5.74) is 15.1. The first-order valence-electron chi connectivity index (χ1n) is 6.51. The van der Waals surface area contributed by atoms with Crippen molar-refractivity contribution in [3.05, 3.63) is 59.2 Å². The van der Waals surface area contributed by atoms with E-state index in [1.165, 1.54) is 11.1 Å². The smallest absolute Gasteiger partial charge is 0.250 e. The number of anilines is 2. The first-order valence-corrected chi connectivity index (χ1v) is 6.51. The number of nitrogens with two attached hydrogens (primary N) is 2. The second-order valence-electron chi connectivity index (χ2n) is 4.85. The second-order valence-corrected chi connectivity index (χ2v) is 4.85. The third kappa shape index (κ3) is 2.74. The number of primary amides is 1. The molecule has 0 aliphatic carbocycles. The molecule has 2 aromatic rings. The molecule has 5 N–H and O–H groups in total. The topological polar surface area (TPSA) is 81.1 Å². The molecule has 2 aromatic carbocycles. The molecule has 1 unspecified atom stereocenters. The molecule has 0 aliphatic heterocycles. The Balaban J connectivity index is 2.29. The highest BCUT2D eigenvalue weighted by molar-refractivity contribution is 6.00. The van der Waals surface area contributed by atoms with E-state index in [0.29, 0.717) is 11.3 Å². The molecule has 0 spiro atoms. The summed E-state index contributed by atoms with van der Waals surface area (Å²) in [6, 6.07) is 13.5. The minimum Gasteiger partial charge on any atom is -0.396 e. The maximum atomic E-state index is 11.3. The molecule has 4 heteroatoms. The predicted octanol–water partition coefficient (Wildman–Crippen LogP) is 2.85. The fourth-order valence-corrected chi connectivity index (χ4v) is 2.29. The fraction of sp³-hybridized carbons (Fsp3) is 0.188. The van der Waals surface area contributed by atoms with Gasteiger partial charge in [0.15, 0.2) is 0 Å². The lowest BCUT2D eigenvalue weighted by Crippen LogP contribution is -2.16. The van der Waals surface area contributed by atoms with Gasteiger partial charge in [0.2, 0.25) is 0 Å². The van der Waals surface area contributed by atoms with Crippen LogP contribution in [0.2, 0.25) is 0 Å². The van der Waals surface area contributed by atoms with Gasteiger partial charge in [-0.3, -0.25) is 4.79 Å². The number of carbonyl (C=O) groups excluding carboxylic acids is 1. The number of nitrogens with one attached hydrogen (secondary N) is 1. The van der Waals surface area contributed by atoms with E-state index in [0.717, 1.165) is 5.69 Å². The first-order chi connectivity index (χ1) is 9.50. The first kappa shape index (κ1) is 13.9. The van der Waals surface area contributed by atoms with Gasteiger partial charge in [0.05, 0.1) is 16.9 Å². The maximum Gasteiger partial charge on any atom is 0.250 e. The molecule has 0 bridgehead atoms. The standard InChI is InChI=1S/C16H19N3O/c1-10-6-3-4-7-12(10)11(2)19-14-9-5-8-13(15(14)17)16(18)20/h3-9,11,19H,17H2,1-2H3,(H2,18,20). The highest BCUT2D eigenvalue weighted by Gasteiger charge is 2.13. The molecular formula is C16H19N3O. The Morgan fingerprint density at radius 2 is 1.85 bits per heavy atom. The summed E-state index contributed by atoms with van der Waals surface area (Å²) in [5.74, 6) is -0.519. The quantitative estimate of drug-likeness (QED) is 0.746. The van der Waals surface area contributed by atoms with Gasteiger partial charge in [0.1, 0.15) is 0 Å². The van der Waals surface area contributed by atoms with Gasteiger partial charge in [-0.05, 0) is 37.1 Å². The van der Waals surface area contributed by atoms with Crippen molar-refractivity contribution in [3.63, 3.8) is 0 Å². The normalized spacial score (nSPS) is 11.9. The van der Waals surface area contributed by atoms with Crippen molar-refractivity contribution in [2.75, 3.05) is 11.1 Å². The number of hydrogen-bond donors (Lipinski definition) is 3. The largest absolute Gasteiger partial charge is 0.396 e. The van der Waals surface area contributed by atoms with Crippen molar-refractivity contribution in [2.24, 2.45) is 5.73 Å². The van der Waals surface area contributed by atoms with Crippen LogP contribution >= 0.6 is 0 Å². The molecule has 2 rings (SSSR count).